The summed E-state index contributed by atoms with van der Waals surface area (Å²) < 4.78 is 0. The van der Waals surface area contributed by atoms with E-state index >= 15 is 0 Å². The topological polar surface area (TPSA) is 3.24 Å². The monoisotopic (exact) mass is 235 g/mol. The van der Waals surface area contributed by atoms with Crippen molar-refractivity contribution in [3.8, 4) is 0 Å². The number of hydrogen-bond donors (Lipinski definition) is 0. The molecule has 0 fully saturated rings. The van der Waals surface area contributed by atoms with Crippen LogP contribution in [0.1, 0.15) is 46.1 Å². The maximum atomic E-state index is 2.40. The van der Waals surface area contributed by atoms with Gasteiger partial charge in [0.15, 0.2) is 0 Å². The zero-order chi connectivity index (χ0) is 13.1. The highest BCUT2D eigenvalue weighted by Crippen LogP contribution is 2.09. The first kappa shape index (κ1) is 16.2. The Morgan fingerprint density at radius 2 is 1.71 bits per heavy atom. The first-order chi connectivity index (χ1) is 8.22. The van der Waals surface area contributed by atoms with E-state index < -0.39 is 0 Å². The lowest BCUT2D eigenvalue weighted by Crippen LogP contribution is -2.20. The van der Waals surface area contributed by atoms with Crippen LogP contribution in [0.25, 0.3) is 0 Å². The molecular weight excluding hydrogens is 206 g/mol. The van der Waals surface area contributed by atoms with Gasteiger partial charge in [-0.15, -0.1) is 0 Å². The maximum absolute atomic E-state index is 2.40. The number of rotatable bonds is 6. The van der Waals surface area contributed by atoms with Crippen LogP contribution in [-0.4, -0.2) is 18.5 Å². The smallest absolute Gasteiger partial charge is 0.0230 e. The van der Waals surface area contributed by atoms with Gasteiger partial charge < -0.3 is 4.90 Å². The largest absolute Gasteiger partial charge is 0.302 e. The second-order valence-corrected chi connectivity index (χ2v) is 4.53. The predicted molar refractivity (Wildman–Crippen MR) is 78.2 cm³/mol. The van der Waals surface area contributed by atoms with Gasteiger partial charge in [0.2, 0.25) is 0 Å². The minimum absolute atomic E-state index is 0.850. The molecule has 0 saturated carbocycles. The fourth-order valence-corrected chi connectivity index (χ4v) is 1.62. The van der Waals surface area contributed by atoms with Gasteiger partial charge in [-0.2, -0.15) is 0 Å². The highest BCUT2D eigenvalue weighted by Gasteiger charge is 2.03. The van der Waals surface area contributed by atoms with Crippen molar-refractivity contribution in [2.45, 2.75) is 47.1 Å². The minimum Gasteiger partial charge on any atom is -0.302 e. The van der Waals surface area contributed by atoms with Crippen molar-refractivity contribution in [2.24, 2.45) is 5.92 Å². The summed E-state index contributed by atoms with van der Waals surface area (Å²) in [5.41, 5.74) is 1.41. The first-order valence-corrected chi connectivity index (χ1v) is 6.94. The lowest BCUT2D eigenvalue weighted by atomic mass is 10.1. The highest BCUT2D eigenvalue weighted by atomic mass is 15.1. The van der Waals surface area contributed by atoms with Crippen molar-refractivity contribution in [1.82, 2.24) is 4.90 Å². The normalized spacial score (nSPS) is 11.9. The van der Waals surface area contributed by atoms with E-state index in [1.165, 1.54) is 24.9 Å². The van der Waals surface area contributed by atoms with Gasteiger partial charge in [0.25, 0.3) is 0 Å². The lowest BCUT2D eigenvalue weighted by Gasteiger charge is -2.18. The van der Waals surface area contributed by atoms with Crippen LogP contribution in [0.4, 0.5) is 0 Å². The van der Waals surface area contributed by atoms with E-state index in [4.69, 9.17) is 0 Å². The molecule has 0 spiro atoms. The van der Waals surface area contributed by atoms with Gasteiger partial charge in [0, 0.05) is 6.54 Å². The van der Waals surface area contributed by atoms with Gasteiger partial charge in [-0.05, 0) is 31.5 Å². The molecule has 0 amide bonds. The number of nitrogens with zero attached hydrogens (tertiary/aromatic N) is 1. The maximum Gasteiger partial charge on any atom is 0.0230 e. The molecule has 1 aromatic rings. The van der Waals surface area contributed by atoms with Gasteiger partial charge in [-0.1, -0.05) is 64.4 Å². The van der Waals surface area contributed by atoms with Gasteiger partial charge in [-0.25, -0.2) is 0 Å². The summed E-state index contributed by atoms with van der Waals surface area (Å²) in [7, 11) is 2.20. The summed E-state index contributed by atoms with van der Waals surface area (Å²) in [6, 6.07) is 10.7. The van der Waals surface area contributed by atoms with Crippen LogP contribution in [0.3, 0.4) is 0 Å². The van der Waals surface area contributed by atoms with Crippen molar-refractivity contribution in [3.63, 3.8) is 0 Å². The van der Waals surface area contributed by atoms with E-state index in [9.17, 15) is 0 Å². The van der Waals surface area contributed by atoms with Crippen molar-refractivity contribution in [2.75, 3.05) is 13.6 Å². The van der Waals surface area contributed by atoms with E-state index in [-0.39, 0.29) is 0 Å². The summed E-state index contributed by atoms with van der Waals surface area (Å²) in [4.78, 5) is 2.40. The van der Waals surface area contributed by atoms with E-state index in [0.717, 1.165) is 12.5 Å². The molecule has 0 aliphatic rings. The van der Waals surface area contributed by atoms with Crippen molar-refractivity contribution >= 4 is 0 Å². The molecule has 1 nitrogen and oxygen atoms in total. The fraction of sp³-hybridized carbons (Fsp3) is 0.625. The number of benzene rings is 1. The second-order valence-electron chi connectivity index (χ2n) is 4.53. The first-order valence-electron chi connectivity index (χ1n) is 6.94. The average molecular weight is 235 g/mol. The summed E-state index contributed by atoms with van der Waals surface area (Å²) in [6.45, 7) is 10.9. The summed E-state index contributed by atoms with van der Waals surface area (Å²) >= 11 is 0. The van der Waals surface area contributed by atoms with E-state index in [0.29, 0.717) is 0 Å². The SMILES string of the molecule is CC.CCC(C)CCN(C)Cc1ccccc1. The molecule has 0 N–H and O–H groups in total. The Bertz CT molecular complexity index is 255. The Hall–Kier alpha value is -0.820. The molecular formula is C16H29N. The second kappa shape index (κ2) is 10.3. The Balaban J connectivity index is 0.00000121. The lowest BCUT2D eigenvalue weighted by molar-refractivity contribution is 0.296. The van der Waals surface area contributed by atoms with Gasteiger partial charge in [0.1, 0.15) is 0 Å². The molecule has 0 radical (unpaired) electrons. The van der Waals surface area contributed by atoms with Gasteiger partial charge in [0.05, 0.1) is 0 Å². The molecule has 98 valence electrons. The Morgan fingerprint density at radius 3 is 2.24 bits per heavy atom. The minimum atomic E-state index is 0.850. The van der Waals surface area contributed by atoms with Crippen LogP contribution in [0.2, 0.25) is 0 Å². The van der Waals surface area contributed by atoms with Crippen LogP contribution < -0.4 is 0 Å². The molecule has 17 heavy (non-hydrogen) atoms. The fourth-order valence-electron chi connectivity index (χ4n) is 1.62. The molecule has 0 saturated heterocycles. The molecule has 1 unspecified atom stereocenters. The zero-order valence-electron chi connectivity index (χ0n) is 12.2. The van der Waals surface area contributed by atoms with Crippen LogP contribution in [0, 0.1) is 5.92 Å². The third-order valence-corrected chi connectivity index (χ3v) is 3.00. The molecule has 0 bridgehead atoms. The van der Waals surface area contributed by atoms with Crippen LogP contribution >= 0.6 is 0 Å². The van der Waals surface area contributed by atoms with Crippen LogP contribution in [0.5, 0.6) is 0 Å². The molecule has 1 aromatic carbocycles. The molecule has 0 aliphatic heterocycles. The summed E-state index contributed by atoms with van der Waals surface area (Å²) in [5, 5.41) is 0. The molecule has 1 atom stereocenters. The highest BCUT2D eigenvalue weighted by molar-refractivity contribution is 5.14. The van der Waals surface area contributed by atoms with Crippen molar-refractivity contribution < 1.29 is 0 Å². The van der Waals surface area contributed by atoms with Crippen LogP contribution in [-0.2, 0) is 6.54 Å². The molecule has 0 aliphatic carbocycles. The Kier molecular flexibility index (Phi) is 9.84. The quantitative estimate of drug-likeness (QED) is 0.697. The third-order valence-electron chi connectivity index (χ3n) is 3.00. The van der Waals surface area contributed by atoms with Gasteiger partial charge in [-0.3, -0.25) is 0 Å². The molecule has 0 aromatic heterocycles. The Morgan fingerprint density at radius 1 is 1.12 bits per heavy atom. The van der Waals surface area contributed by atoms with E-state index in [1.807, 2.05) is 13.8 Å². The van der Waals surface area contributed by atoms with E-state index in [2.05, 4.69) is 56.1 Å². The molecule has 1 rings (SSSR count). The third kappa shape index (κ3) is 7.98. The average Bonchev–Trinajstić information content (AvgIpc) is 2.39. The van der Waals surface area contributed by atoms with Crippen molar-refractivity contribution in [3.05, 3.63) is 35.9 Å². The molecule has 1 heteroatoms. The van der Waals surface area contributed by atoms with E-state index in [1.54, 1.807) is 0 Å². The molecule has 0 heterocycles. The predicted octanol–water partition coefficient (Wildman–Crippen LogP) is 4.58. The zero-order valence-corrected chi connectivity index (χ0v) is 12.2. The standard InChI is InChI=1S/C14H23N.C2H6/c1-4-13(2)10-11-15(3)12-14-8-6-5-7-9-14;1-2/h5-9,13H,4,10-12H2,1-3H3;1-2H3. The van der Waals surface area contributed by atoms with Crippen LogP contribution in [0.15, 0.2) is 30.3 Å². The Labute approximate surface area is 108 Å². The van der Waals surface area contributed by atoms with Crippen molar-refractivity contribution in [1.29, 1.82) is 0 Å². The number of hydrogen-bond acceptors (Lipinski definition) is 1. The summed E-state index contributed by atoms with van der Waals surface area (Å²) in [6.07, 6.45) is 2.60. The summed E-state index contributed by atoms with van der Waals surface area (Å²) in [5.74, 6) is 0.850. The van der Waals surface area contributed by atoms with Gasteiger partial charge >= 0.3 is 0 Å².